The van der Waals surface area contributed by atoms with E-state index in [1.807, 2.05) is 31.4 Å². The molecule has 1 aliphatic heterocycles. The van der Waals surface area contributed by atoms with Crippen LogP contribution in [-0.4, -0.2) is 50.7 Å². The van der Waals surface area contributed by atoms with Crippen molar-refractivity contribution in [2.24, 2.45) is 18.9 Å². The van der Waals surface area contributed by atoms with Crippen LogP contribution in [0.1, 0.15) is 37.0 Å². The summed E-state index contributed by atoms with van der Waals surface area (Å²) in [7, 11) is 3.65. The summed E-state index contributed by atoms with van der Waals surface area (Å²) < 4.78 is 10.1. The third-order valence-corrected chi connectivity index (χ3v) is 7.65. The number of nitrogens with zero attached hydrogens (tertiary/aromatic N) is 4. The van der Waals surface area contributed by atoms with E-state index in [-0.39, 0.29) is 18.0 Å². The molecule has 8 heteroatoms. The van der Waals surface area contributed by atoms with Crippen molar-refractivity contribution in [3.8, 4) is 17.3 Å². The highest BCUT2D eigenvalue weighted by atomic mass is 16.5. The monoisotopic (exact) mass is 472 g/mol. The van der Waals surface area contributed by atoms with E-state index in [9.17, 15) is 4.79 Å². The van der Waals surface area contributed by atoms with Gasteiger partial charge in [0, 0.05) is 49.4 Å². The highest BCUT2D eigenvalue weighted by Gasteiger charge is 2.32. The van der Waals surface area contributed by atoms with Gasteiger partial charge in [-0.15, -0.1) is 0 Å². The van der Waals surface area contributed by atoms with Crippen molar-refractivity contribution in [3.63, 3.8) is 0 Å². The highest BCUT2D eigenvalue weighted by Crippen LogP contribution is 2.37. The molecule has 1 aromatic carbocycles. The topological polar surface area (TPSA) is 86.0 Å². The molecule has 0 radical (unpaired) electrons. The van der Waals surface area contributed by atoms with Gasteiger partial charge < -0.3 is 24.5 Å². The fourth-order valence-corrected chi connectivity index (χ4v) is 5.46. The molecule has 3 unspecified atom stereocenters. The lowest BCUT2D eigenvalue weighted by atomic mass is 10.0. The van der Waals surface area contributed by atoms with Crippen molar-refractivity contribution in [1.29, 1.82) is 0 Å². The van der Waals surface area contributed by atoms with Crippen molar-refractivity contribution in [2.45, 2.75) is 45.3 Å². The summed E-state index contributed by atoms with van der Waals surface area (Å²) in [5.41, 5.74) is 4.21. The zero-order valence-electron chi connectivity index (χ0n) is 20.7. The third kappa shape index (κ3) is 3.76. The maximum absolute atomic E-state index is 13.2. The summed E-state index contributed by atoms with van der Waals surface area (Å²) >= 11 is 0. The molecule has 35 heavy (non-hydrogen) atoms. The van der Waals surface area contributed by atoms with Crippen LogP contribution >= 0.6 is 0 Å². The quantitative estimate of drug-likeness (QED) is 0.447. The molecule has 0 bridgehead atoms. The first-order valence-electron chi connectivity index (χ1n) is 12.5. The fourth-order valence-electron chi connectivity index (χ4n) is 5.46. The molecular weight excluding hydrogens is 440 g/mol. The van der Waals surface area contributed by atoms with Gasteiger partial charge in [-0.25, -0.2) is 9.97 Å². The number of carbonyl (C=O) groups excluding carboxylic acids is 1. The number of hydrogen-bond acceptors (Lipinski definition) is 5. The van der Waals surface area contributed by atoms with Gasteiger partial charge in [-0.3, -0.25) is 4.79 Å². The highest BCUT2D eigenvalue weighted by molar-refractivity contribution is 6.00. The van der Waals surface area contributed by atoms with Gasteiger partial charge in [-0.05, 0) is 61.9 Å². The lowest BCUT2D eigenvalue weighted by Gasteiger charge is -2.21. The minimum absolute atomic E-state index is 0.0918. The number of ether oxygens (including phenoxy) is 1. The molecular formula is C27H32N6O2. The fraction of sp³-hybridized carbons (Fsp3) is 0.444. The minimum atomic E-state index is -0.100. The average Bonchev–Trinajstić information content (AvgIpc) is 3.43. The van der Waals surface area contributed by atoms with E-state index in [4.69, 9.17) is 9.72 Å². The Bertz CT molecular complexity index is 1420. The van der Waals surface area contributed by atoms with E-state index in [0.29, 0.717) is 23.1 Å². The number of aromatic nitrogens is 4. The van der Waals surface area contributed by atoms with E-state index < -0.39 is 0 Å². The van der Waals surface area contributed by atoms with Crippen molar-refractivity contribution in [2.75, 3.05) is 13.7 Å². The van der Waals surface area contributed by atoms with Crippen molar-refractivity contribution in [1.82, 2.24) is 29.7 Å². The Morgan fingerprint density at radius 1 is 1.26 bits per heavy atom. The third-order valence-electron chi connectivity index (χ3n) is 7.65. The average molecular weight is 473 g/mol. The smallest absolute Gasteiger partial charge is 0.251 e. The van der Waals surface area contributed by atoms with Crippen LogP contribution < -0.4 is 15.4 Å². The van der Waals surface area contributed by atoms with E-state index in [2.05, 4.69) is 50.7 Å². The number of fused-ring (bicyclic) bond motifs is 2. The standard InChI is InChI=1S/C27H32N6O2/c1-15-13-29-16(2)23(15)31-27(34)19-10-20-24(22(12-19)35-4)32(3)26(30-20)21-11-18-6-5-9-28-25(18)33(21)14-17-7-8-17/h5-6,9-12,15-17,23,29H,7-8,13-14H2,1-4H3,(H,31,34). The maximum atomic E-state index is 13.2. The molecule has 1 aliphatic carbocycles. The van der Waals surface area contributed by atoms with Crippen molar-refractivity contribution in [3.05, 3.63) is 42.1 Å². The Labute approximate surface area is 204 Å². The van der Waals surface area contributed by atoms with Crippen molar-refractivity contribution < 1.29 is 9.53 Å². The number of carbonyl (C=O) groups is 1. The number of imidazole rings is 1. The van der Waals surface area contributed by atoms with Gasteiger partial charge in [0.15, 0.2) is 5.82 Å². The van der Waals surface area contributed by atoms with Gasteiger partial charge in [-0.1, -0.05) is 6.92 Å². The molecule has 6 rings (SSSR count). The number of aryl methyl sites for hydroxylation is 1. The van der Waals surface area contributed by atoms with Crippen LogP contribution in [0.2, 0.25) is 0 Å². The molecule has 2 N–H and O–H groups in total. The minimum Gasteiger partial charge on any atom is -0.494 e. The first-order valence-corrected chi connectivity index (χ1v) is 12.5. The molecule has 2 aliphatic rings. The summed E-state index contributed by atoms with van der Waals surface area (Å²) in [6.07, 6.45) is 4.36. The molecule has 1 saturated carbocycles. The van der Waals surface area contributed by atoms with Crippen LogP contribution in [-0.2, 0) is 13.6 Å². The van der Waals surface area contributed by atoms with Gasteiger partial charge in [0.05, 0.1) is 18.3 Å². The number of benzene rings is 1. The number of amides is 1. The second kappa shape index (κ2) is 8.37. The summed E-state index contributed by atoms with van der Waals surface area (Å²) in [5.74, 6) is 2.46. The molecule has 3 atom stereocenters. The Morgan fingerprint density at radius 3 is 2.80 bits per heavy atom. The van der Waals surface area contributed by atoms with Crippen LogP contribution in [0.15, 0.2) is 36.5 Å². The number of hydrogen-bond donors (Lipinski definition) is 2. The van der Waals surface area contributed by atoms with Gasteiger partial charge in [0.1, 0.15) is 16.9 Å². The van der Waals surface area contributed by atoms with Gasteiger partial charge in [0.2, 0.25) is 0 Å². The van der Waals surface area contributed by atoms with Crippen LogP contribution in [0, 0.1) is 11.8 Å². The number of pyridine rings is 1. The molecule has 2 fully saturated rings. The lowest BCUT2D eigenvalue weighted by Crippen LogP contribution is -2.44. The Balaban J connectivity index is 1.44. The molecule has 4 aromatic rings. The second-order valence-electron chi connectivity index (χ2n) is 10.2. The van der Waals surface area contributed by atoms with E-state index in [0.717, 1.165) is 46.7 Å². The SMILES string of the molecule is COc1cc(C(=O)NC2C(C)CNC2C)cc2nc(-c3cc4cccnc4n3CC3CC3)n(C)c12. The maximum Gasteiger partial charge on any atom is 0.251 e. The summed E-state index contributed by atoms with van der Waals surface area (Å²) in [4.78, 5) is 22.9. The Kier molecular flexibility index (Phi) is 5.29. The lowest BCUT2D eigenvalue weighted by molar-refractivity contribution is 0.0926. The van der Waals surface area contributed by atoms with E-state index in [1.54, 1.807) is 7.11 Å². The van der Waals surface area contributed by atoms with Gasteiger partial charge in [-0.2, -0.15) is 0 Å². The van der Waals surface area contributed by atoms with Crippen LogP contribution in [0.5, 0.6) is 5.75 Å². The predicted octanol–water partition coefficient (Wildman–Crippen LogP) is 3.73. The molecule has 1 amide bonds. The van der Waals surface area contributed by atoms with Gasteiger partial charge in [0.25, 0.3) is 5.91 Å². The zero-order chi connectivity index (χ0) is 24.3. The number of nitrogens with one attached hydrogen (secondary N) is 2. The van der Waals surface area contributed by atoms with Crippen LogP contribution in [0.3, 0.4) is 0 Å². The zero-order valence-corrected chi connectivity index (χ0v) is 20.7. The summed E-state index contributed by atoms with van der Waals surface area (Å²) in [6.45, 7) is 6.11. The van der Waals surface area contributed by atoms with Crippen LogP contribution in [0.25, 0.3) is 33.6 Å². The normalized spacial score (nSPS) is 22.2. The predicted molar refractivity (Wildman–Crippen MR) is 137 cm³/mol. The van der Waals surface area contributed by atoms with Crippen molar-refractivity contribution >= 4 is 28.0 Å². The summed E-state index contributed by atoms with van der Waals surface area (Å²) in [6, 6.07) is 10.3. The first-order chi connectivity index (χ1) is 16.9. The largest absolute Gasteiger partial charge is 0.494 e. The Hall–Kier alpha value is -3.39. The number of rotatable bonds is 6. The molecule has 1 saturated heterocycles. The molecule has 3 aromatic heterocycles. The van der Waals surface area contributed by atoms with Gasteiger partial charge >= 0.3 is 0 Å². The summed E-state index contributed by atoms with van der Waals surface area (Å²) in [5, 5.41) is 7.75. The first kappa shape index (κ1) is 22.1. The Morgan fingerprint density at radius 2 is 2.09 bits per heavy atom. The molecule has 8 nitrogen and oxygen atoms in total. The van der Waals surface area contributed by atoms with Crippen LogP contribution in [0.4, 0.5) is 0 Å². The van der Waals surface area contributed by atoms with E-state index >= 15 is 0 Å². The molecule has 4 heterocycles. The second-order valence-corrected chi connectivity index (χ2v) is 10.2. The molecule has 0 spiro atoms. The number of methoxy groups -OCH3 is 1. The molecule has 182 valence electrons. The van der Waals surface area contributed by atoms with E-state index in [1.165, 1.54) is 12.8 Å².